The van der Waals surface area contributed by atoms with Gasteiger partial charge in [0.2, 0.25) is 0 Å². The molecule has 0 aromatic rings. The molecule has 1 unspecified atom stereocenters. The predicted octanol–water partition coefficient (Wildman–Crippen LogP) is 1.47. The van der Waals surface area contributed by atoms with E-state index in [2.05, 4.69) is 6.58 Å². The third kappa shape index (κ3) is 1.85. The van der Waals surface area contributed by atoms with Crippen molar-refractivity contribution in [1.29, 1.82) is 0 Å². The molecule has 0 aromatic heterocycles. The van der Waals surface area contributed by atoms with Crippen LogP contribution in [0, 0.1) is 5.92 Å². The van der Waals surface area contributed by atoms with Crippen molar-refractivity contribution in [3.8, 4) is 0 Å². The van der Waals surface area contributed by atoms with Crippen molar-refractivity contribution in [2.24, 2.45) is 5.92 Å². The number of ether oxygens (including phenoxy) is 2. The summed E-state index contributed by atoms with van der Waals surface area (Å²) in [4.78, 5) is 0. The minimum Gasteiger partial charge on any atom is -0.396 e. The summed E-state index contributed by atoms with van der Waals surface area (Å²) in [6, 6.07) is 0. The second-order valence-corrected chi connectivity index (χ2v) is 4.18. The molecule has 2 aliphatic rings. The van der Waals surface area contributed by atoms with Crippen LogP contribution in [0.1, 0.15) is 25.7 Å². The number of allylic oxidation sites excluding steroid dienone is 1. The highest BCUT2D eigenvalue weighted by Gasteiger charge is 2.42. The van der Waals surface area contributed by atoms with Gasteiger partial charge in [-0.05, 0) is 18.8 Å². The minimum atomic E-state index is -0.346. The SMILES string of the molecule is C=C1CCC2(CC1CCO)OCCO2. The number of rotatable bonds is 2. The van der Waals surface area contributed by atoms with E-state index in [0.29, 0.717) is 19.1 Å². The molecule has 1 N–H and O–H groups in total. The molecule has 1 spiro atoms. The van der Waals surface area contributed by atoms with Crippen LogP contribution in [0.3, 0.4) is 0 Å². The molecule has 0 bridgehead atoms. The maximum absolute atomic E-state index is 8.94. The lowest BCUT2D eigenvalue weighted by atomic mass is 9.79. The monoisotopic (exact) mass is 198 g/mol. The Hall–Kier alpha value is -0.380. The molecule has 1 saturated carbocycles. The molecule has 1 aliphatic heterocycles. The van der Waals surface area contributed by atoms with Gasteiger partial charge in [0.15, 0.2) is 5.79 Å². The van der Waals surface area contributed by atoms with Gasteiger partial charge in [0.1, 0.15) is 0 Å². The summed E-state index contributed by atoms with van der Waals surface area (Å²) in [5.41, 5.74) is 1.24. The average molecular weight is 198 g/mol. The Bertz CT molecular complexity index is 219. The number of hydrogen-bond acceptors (Lipinski definition) is 3. The topological polar surface area (TPSA) is 38.7 Å². The van der Waals surface area contributed by atoms with Crippen LogP contribution in [0.25, 0.3) is 0 Å². The molecule has 80 valence electrons. The molecule has 1 saturated heterocycles. The zero-order valence-corrected chi connectivity index (χ0v) is 8.50. The lowest BCUT2D eigenvalue weighted by Gasteiger charge is -2.37. The molecule has 2 rings (SSSR count). The summed E-state index contributed by atoms with van der Waals surface area (Å²) in [6.45, 7) is 5.68. The van der Waals surface area contributed by atoms with Crippen LogP contribution in [0.2, 0.25) is 0 Å². The van der Waals surface area contributed by atoms with Crippen LogP contribution in [-0.4, -0.2) is 30.7 Å². The minimum absolute atomic E-state index is 0.222. The second-order valence-electron chi connectivity index (χ2n) is 4.18. The van der Waals surface area contributed by atoms with Crippen molar-refractivity contribution in [2.45, 2.75) is 31.5 Å². The van der Waals surface area contributed by atoms with E-state index >= 15 is 0 Å². The summed E-state index contributed by atoms with van der Waals surface area (Å²) in [5, 5.41) is 8.94. The van der Waals surface area contributed by atoms with E-state index < -0.39 is 0 Å². The summed E-state index contributed by atoms with van der Waals surface area (Å²) in [5.74, 6) is 0.0212. The van der Waals surface area contributed by atoms with Crippen molar-refractivity contribution in [3.05, 3.63) is 12.2 Å². The molecule has 1 atom stereocenters. The number of aliphatic hydroxyl groups excluding tert-OH is 1. The van der Waals surface area contributed by atoms with Crippen LogP contribution < -0.4 is 0 Å². The van der Waals surface area contributed by atoms with E-state index in [9.17, 15) is 0 Å². The molecule has 3 heteroatoms. The van der Waals surface area contributed by atoms with Gasteiger partial charge in [0.25, 0.3) is 0 Å². The first-order valence-electron chi connectivity index (χ1n) is 5.32. The fourth-order valence-corrected chi connectivity index (χ4v) is 2.40. The lowest BCUT2D eigenvalue weighted by Crippen LogP contribution is -2.37. The summed E-state index contributed by atoms with van der Waals surface area (Å²) >= 11 is 0. The molecule has 1 heterocycles. The Balaban J connectivity index is 2.00. The highest BCUT2D eigenvalue weighted by Crippen LogP contribution is 2.41. The molecular formula is C11H18O3. The zero-order valence-electron chi connectivity index (χ0n) is 8.50. The van der Waals surface area contributed by atoms with Gasteiger partial charge in [-0.2, -0.15) is 0 Å². The quantitative estimate of drug-likeness (QED) is 0.683. The largest absolute Gasteiger partial charge is 0.396 e. The van der Waals surface area contributed by atoms with Crippen LogP contribution >= 0.6 is 0 Å². The van der Waals surface area contributed by atoms with Crippen molar-refractivity contribution < 1.29 is 14.6 Å². The molecule has 3 nitrogen and oxygen atoms in total. The fraction of sp³-hybridized carbons (Fsp3) is 0.818. The third-order valence-electron chi connectivity index (χ3n) is 3.25. The van der Waals surface area contributed by atoms with Gasteiger partial charge in [-0.25, -0.2) is 0 Å². The van der Waals surface area contributed by atoms with Crippen molar-refractivity contribution in [2.75, 3.05) is 19.8 Å². The molecule has 2 fully saturated rings. The third-order valence-corrected chi connectivity index (χ3v) is 3.25. The molecule has 1 aliphatic carbocycles. The fourth-order valence-electron chi connectivity index (χ4n) is 2.40. The Morgan fingerprint density at radius 2 is 2.14 bits per heavy atom. The van der Waals surface area contributed by atoms with Crippen LogP contribution in [-0.2, 0) is 9.47 Å². The summed E-state index contributed by atoms with van der Waals surface area (Å²) in [7, 11) is 0. The highest BCUT2D eigenvalue weighted by atomic mass is 16.7. The Kier molecular flexibility index (Phi) is 2.91. The second kappa shape index (κ2) is 4.01. The van der Waals surface area contributed by atoms with Crippen LogP contribution in [0.5, 0.6) is 0 Å². The molecule has 0 amide bonds. The summed E-state index contributed by atoms with van der Waals surface area (Å²) < 4.78 is 11.3. The molecule has 14 heavy (non-hydrogen) atoms. The van der Waals surface area contributed by atoms with Crippen LogP contribution in [0.15, 0.2) is 12.2 Å². The van der Waals surface area contributed by atoms with Gasteiger partial charge in [-0.1, -0.05) is 12.2 Å². The smallest absolute Gasteiger partial charge is 0.169 e. The van der Waals surface area contributed by atoms with Crippen molar-refractivity contribution >= 4 is 0 Å². The average Bonchev–Trinajstić information content (AvgIpc) is 2.61. The van der Waals surface area contributed by atoms with Crippen molar-refractivity contribution in [3.63, 3.8) is 0 Å². The first-order chi connectivity index (χ1) is 6.76. The predicted molar refractivity (Wildman–Crippen MR) is 52.8 cm³/mol. The molecule has 0 radical (unpaired) electrons. The van der Waals surface area contributed by atoms with E-state index in [0.717, 1.165) is 25.7 Å². The van der Waals surface area contributed by atoms with Gasteiger partial charge >= 0.3 is 0 Å². The normalized spacial score (nSPS) is 31.2. The maximum Gasteiger partial charge on any atom is 0.169 e. The Morgan fingerprint density at radius 1 is 1.43 bits per heavy atom. The van der Waals surface area contributed by atoms with E-state index in [-0.39, 0.29) is 12.4 Å². The molecular weight excluding hydrogens is 180 g/mol. The standard InChI is InChI=1S/C11H18O3/c1-9-2-4-11(13-6-7-14-11)8-10(9)3-5-12/h10,12H,1-8H2. The van der Waals surface area contributed by atoms with Crippen molar-refractivity contribution in [1.82, 2.24) is 0 Å². The van der Waals surface area contributed by atoms with E-state index in [1.54, 1.807) is 0 Å². The van der Waals surface area contributed by atoms with Gasteiger partial charge < -0.3 is 14.6 Å². The first kappa shape index (κ1) is 10.1. The molecule has 0 aromatic carbocycles. The van der Waals surface area contributed by atoms with Gasteiger partial charge in [0, 0.05) is 19.4 Å². The lowest BCUT2D eigenvalue weighted by molar-refractivity contribution is -0.180. The Labute approximate surface area is 84.7 Å². The maximum atomic E-state index is 8.94. The first-order valence-corrected chi connectivity index (χ1v) is 5.32. The number of aliphatic hydroxyl groups is 1. The van der Waals surface area contributed by atoms with E-state index in [1.807, 2.05) is 0 Å². The highest BCUT2D eigenvalue weighted by molar-refractivity contribution is 5.07. The van der Waals surface area contributed by atoms with E-state index in [4.69, 9.17) is 14.6 Å². The Morgan fingerprint density at radius 3 is 2.79 bits per heavy atom. The summed E-state index contributed by atoms with van der Waals surface area (Å²) in [6.07, 6.45) is 3.54. The van der Waals surface area contributed by atoms with Gasteiger partial charge in [-0.3, -0.25) is 0 Å². The van der Waals surface area contributed by atoms with Gasteiger partial charge in [0.05, 0.1) is 13.2 Å². The van der Waals surface area contributed by atoms with E-state index in [1.165, 1.54) is 5.57 Å². The van der Waals surface area contributed by atoms with Crippen LogP contribution in [0.4, 0.5) is 0 Å². The van der Waals surface area contributed by atoms with Gasteiger partial charge in [-0.15, -0.1) is 0 Å². The number of hydrogen-bond donors (Lipinski definition) is 1. The zero-order chi connectivity index (χ0) is 10.0.